The van der Waals surface area contributed by atoms with Crippen LogP contribution in [0.1, 0.15) is 46.0 Å². The van der Waals surface area contributed by atoms with E-state index in [0.29, 0.717) is 6.42 Å². The summed E-state index contributed by atoms with van der Waals surface area (Å²) in [6.45, 7) is 2.02. The number of esters is 1. The largest absolute Gasteiger partial charge is 0.478 e. The maximum atomic E-state index is 12.4. The summed E-state index contributed by atoms with van der Waals surface area (Å²) < 4.78 is 5.57. The van der Waals surface area contributed by atoms with Gasteiger partial charge >= 0.3 is 11.9 Å². The Hall–Kier alpha value is -2.62. The maximum absolute atomic E-state index is 12.4. The maximum Gasteiger partial charge on any atom is 0.339 e. The van der Waals surface area contributed by atoms with Crippen LogP contribution in [0.2, 0.25) is 0 Å². The first-order valence-electron chi connectivity index (χ1n) is 7.69. The third-order valence-electron chi connectivity index (χ3n) is 3.57. The molecule has 0 aliphatic rings. The highest BCUT2D eigenvalue weighted by Crippen LogP contribution is 2.16. The van der Waals surface area contributed by atoms with E-state index in [1.807, 2.05) is 37.3 Å². The van der Waals surface area contributed by atoms with Crippen LogP contribution in [0.15, 0.2) is 54.6 Å². The van der Waals surface area contributed by atoms with Crippen molar-refractivity contribution in [1.82, 2.24) is 0 Å². The molecule has 0 fully saturated rings. The number of hydrogen-bond donors (Lipinski definition) is 1. The minimum atomic E-state index is -1.13. The van der Waals surface area contributed by atoms with E-state index in [0.717, 1.165) is 18.4 Å². The fourth-order valence-corrected chi connectivity index (χ4v) is 2.46. The molecule has 0 spiro atoms. The fraction of sp³-hybridized carbons (Fsp3) is 0.263. The predicted molar refractivity (Wildman–Crippen MR) is 87.7 cm³/mol. The lowest BCUT2D eigenvalue weighted by atomic mass is 10.0. The Kier molecular flexibility index (Phi) is 5.92. The van der Waals surface area contributed by atoms with Crippen LogP contribution in [0.25, 0.3) is 0 Å². The third kappa shape index (κ3) is 4.68. The molecule has 0 saturated heterocycles. The molecular weight excluding hydrogens is 292 g/mol. The molecule has 0 aliphatic carbocycles. The van der Waals surface area contributed by atoms with Gasteiger partial charge in [0.05, 0.1) is 11.1 Å². The van der Waals surface area contributed by atoms with Crippen LogP contribution in [-0.4, -0.2) is 23.1 Å². The summed E-state index contributed by atoms with van der Waals surface area (Å²) in [7, 11) is 0. The number of hydrogen-bond acceptors (Lipinski definition) is 3. The SMILES string of the molecule is CCCC(Cc1ccccc1)OC(=O)c1ccccc1C(=O)O. The molecule has 2 rings (SSSR count). The van der Waals surface area contributed by atoms with Crippen LogP contribution in [0.5, 0.6) is 0 Å². The van der Waals surface area contributed by atoms with Crippen LogP contribution in [-0.2, 0) is 11.2 Å². The van der Waals surface area contributed by atoms with Gasteiger partial charge in [0, 0.05) is 6.42 Å². The van der Waals surface area contributed by atoms with Crippen molar-refractivity contribution in [2.75, 3.05) is 0 Å². The van der Waals surface area contributed by atoms with E-state index in [4.69, 9.17) is 4.74 Å². The fourth-order valence-electron chi connectivity index (χ4n) is 2.46. The zero-order chi connectivity index (χ0) is 16.7. The second-order valence-electron chi connectivity index (χ2n) is 5.36. The van der Waals surface area contributed by atoms with Crippen molar-refractivity contribution in [3.05, 3.63) is 71.3 Å². The number of carboxylic acids is 1. The van der Waals surface area contributed by atoms with Gasteiger partial charge in [0.25, 0.3) is 0 Å². The summed E-state index contributed by atoms with van der Waals surface area (Å²) in [4.78, 5) is 23.6. The molecule has 1 atom stereocenters. The van der Waals surface area contributed by atoms with E-state index in [9.17, 15) is 14.7 Å². The monoisotopic (exact) mass is 312 g/mol. The lowest BCUT2D eigenvalue weighted by Gasteiger charge is -2.18. The summed E-state index contributed by atoms with van der Waals surface area (Å²) in [5.74, 6) is -1.72. The minimum Gasteiger partial charge on any atom is -0.478 e. The van der Waals surface area contributed by atoms with Crippen molar-refractivity contribution in [1.29, 1.82) is 0 Å². The van der Waals surface area contributed by atoms with E-state index in [2.05, 4.69) is 0 Å². The molecule has 4 nitrogen and oxygen atoms in total. The van der Waals surface area contributed by atoms with Crippen molar-refractivity contribution < 1.29 is 19.4 Å². The molecule has 2 aromatic carbocycles. The van der Waals surface area contributed by atoms with Gasteiger partial charge < -0.3 is 9.84 Å². The molecule has 4 heteroatoms. The van der Waals surface area contributed by atoms with Crippen LogP contribution in [0.4, 0.5) is 0 Å². The van der Waals surface area contributed by atoms with E-state index < -0.39 is 11.9 Å². The van der Waals surface area contributed by atoms with Gasteiger partial charge in [-0.3, -0.25) is 0 Å². The highest BCUT2D eigenvalue weighted by molar-refractivity contribution is 6.02. The van der Waals surface area contributed by atoms with Crippen molar-refractivity contribution >= 4 is 11.9 Å². The van der Waals surface area contributed by atoms with Gasteiger partial charge in [-0.2, -0.15) is 0 Å². The highest BCUT2D eigenvalue weighted by atomic mass is 16.5. The Balaban J connectivity index is 2.13. The molecule has 0 heterocycles. The average Bonchev–Trinajstić information content (AvgIpc) is 2.56. The minimum absolute atomic E-state index is 0.0348. The molecule has 120 valence electrons. The Labute approximate surface area is 135 Å². The van der Waals surface area contributed by atoms with Crippen LogP contribution in [0.3, 0.4) is 0 Å². The zero-order valence-electron chi connectivity index (χ0n) is 13.1. The first-order chi connectivity index (χ1) is 11.1. The van der Waals surface area contributed by atoms with Crippen LogP contribution < -0.4 is 0 Å². The lowest BCUT2D eigenvalue weighted by molar-refractivity contribution is 0.0276. The van der Waals surface area contributed by atoms with Gasteiger partial charge in [-0.1, -0.05) is 55.8 Å². The molecule has 23 heavy (non-hydrogen) atoms. The Morgan fingerprint density at radius 3 is 2.22 bits per heavy atom. The summed E-state index contributed by atoms with van der Waals surface area (Å²) in [6.07, 6.45) is 1.97. The topological polar surface area (TPSA) is 63.6 Å². The second-order valence-corrected chi connectivity index (χ2v) is 5.36. The number of ether oxygens (including phenoxy) is 1. The van der Waals surface area contributed by atoms with Gasteiger partial charge in [-0.05, 0) is 24.1 Å². The molecule has 0 aromatic heterocycles. The lowest BCUT2D eigenvalue weighted by Crippen LogP contribution is -2.22. The highest BCUT2D eigenvalue weighted by Gasteiger charge is 2.20. The van der Waals surface area contributed by atoms with E-state index in [-0.39, 0.29) is 17.2 Å². The van der Waals surface area contributed by atoms with Gasteiger partial charge in [0.2, 0.25) is 0 Å². The van der Waals surface area contributed by atoms with E-state index >= 15 is 0 Å². The number of carbonyl (C=O) groups is 2. The quantitative estimate of drug-likeness (QED) is 0.786. The second kappa shape index (κ2) is 8.13. The summed E-state index contributed by atoms with van der Waals surface area (Å²) in [5.41, 5.74) is 1.15. The van der Waals surface area contributed by atoms with Crippen LogP contribution >= 0.6 is 0 Å². The summed E-state index contributed by atoms with van der Waals surface area (Å²) >= 11 is 0. The molecular formula is C19H20O4. The number of rotatable bonds is 7. The number of benzene rings is 2. The predicted octanol–water partition coefficient (Wildman–Crippen LogP) is 3.95. The summed E-state index contributed by atoms with van der Waals surface area (Å²) in [5, 5.41) is 9.18. The van der Waals surface area contributed by atoms with Gasteiger partial charge in [0.15, 0.2) is 0 Å². The Morgan fingerprint density at radius 1 is 1.00 bits per heavy atom. The normalized spacial score (nSPS) is 11.7. The third-order valence-corrected chi connectivity index (χ3v) is 3.57. The van der Waals surface area contributed by atoms with Crippen molar-refractivity contribution in [3.8, 4) is 0 Å². The van der Waals surface area contributed by atoms with Crippen LogP contribution in [0, 0.1) is 0 Å². The van der Waals surface area contributed by atoms with Crippen molar-refractivity contribution in [2.45, 2.75) is 32.3 Å². The molecule has 1 N–H and O–H groups in total. The van der Waals surface area contributed by atoms with Crippen molar-refractivity contribution in [3.63, 3.8) is 0 Å². The molecule has 0 radical (unpaired) electrons. The molecule has 0 saturated carbocycles. The zero-order valence-corrected chi connectivity index (χ0v) is 13.1. The van der Waals surface area contributed by atoms with Gasteiger partial charge in [0.1, 0.15) is 6.10 Å². The molecule has 1 unspecified atom stereocenters. The average molecular weight is 312 g/mol. The van der Waals surface area contributed by atoms with Crippen molar-refractivity contribution in [2.24, 2.45) is 0 Å². The molecule has 2 aromatic rings. The molecule has 0 bridgehead atoms. The Bertz CT molecular complexity index is 664. The Morgan fingerprint density at radius 2 is 1.61 bits per heavy atom. The van der Waals surface area contributed by atoms with E-state index in [1.54, 1.807) is 12.1 Å². The molecule has 0 amide bonds. The number of carboxylic acid groups (broad SMARTS) is 1. The number of aromatic carboxylic acids is 1. The smallest absolute Gasteiger partial charge is 0.339 e. The first-order valence-corrected chi connectivity index (χ1v) is 7.69. The number of carbonyl (C=O) groups excluding carboxylic acids is 1. The summed E-state index contributed by atoms with van der Waals surface area (Å²) in [6, 6.07) is 15.9. The first kappa shape index (κ1) is 16.7. The standard InChI is InChI=1S/C19H20O4/c1-2-8-15(13-14-9-4-3-5-10-14)23-19(22)17-12-7-6-11-16(17)18(20)21/h3-7,9-12,15H,2,8,13H2,1H3,(H,20,21). The van der Waals surface area contributed by atoms with E-state index in [1.165, 1.54) is 12.1 Å². The van der Waals surface area contributed by atoms with Gasteiger partial charge in [-0.25, -0.2) is 9.59 Å². The van der Waals surface area contributed by atoms with Gasteiger partial charge in [-0.15, -0.1) is 0 Å². The molecule has 0 aliphatic heterocycles.